The highest BCUT2D eigenvalue weighted by molar-refractivity contribution is 8.25. The Kier molecular flexibility index (Phi) is 5.88. The van der Waals surface area contributed by atoms with Crippen molar-refractivity contribution in [2.45, 2.75) is 12.8 Å². The maximum absolute atomic E-state index is 7.12. The van der Waals surface area contributed by atoms with Crippen LogP contribution in [0.5, 0.6) is 0 Å². The van der Waals surface area contributed by atoms with Crippen molar-refractivity contribution in [1.29, 1.82) is 0 Å². The number of nitrogens with zero attached hydrogens (tertiary/aromatic N) is 2. The second-order valence-corrected chi connectivity index (χ2v) is 17.0. The Morgan fingerprint density at radius 1 is 0.574 bits per heavy atom. The number of pyridine rings is 1. The third-order valence-corrected chi connectivity index (χ3v) is 15.0. The average molecular weight is 637 g/mol. The van der Waals surface area contributed by atoms with Gasteiger partial charge >= 0.3 is 0 Å². The van der Waals surface area contributed by atoms with Gasteiger partial charge in [0.1, 0.15) is 5.65 Å². The number of aromatic nitrogens is 2. The van der Waals surface area contributed by atoms with Gasteiger partial charge in [0.2, 0.25) is 0 Å². The number of hydrogen-bond acceptors (Lipinski definition) is 2. The van der Waals surface area contributed by atoms with E-state index in [1.807, 2.05) is 0 Å². The third-order valence-electron chi connectivity index (χ3n) is 10.1. The van der Waals surface area contributed by atoms with Crippen molar-refractivity contribution in [1.82, 2.24) is 9.38 Å². The lowest BCUT2D eigenvalue weighted by Gasteiger charge is -2.25. The van der Waals surface area contributed by atoms with Gasteiger partial charge in [0.05, 0.1) is 11.0 Å². The Balaban J connectivity index is 1.32. The highest BCUT2D eigenvalue weighted by atomic mass is 32.4. The van der Waals surface area contributed by atoms with Crippen LogP contribution in [0.25, 0.3) is 65.8 Å². The zero-order valence-corrected chi connectivity index (χ0v) is 27.3. The predicted molar refractivity (Wildman–Crippen MR) is 206 cm³/mol. The number of imidazole rings is 1. The summed E-state index contributed by atoms with van der Waals surface area (Å²) in [6.45, 7) is 0. The Morgan fingerprint density at radius 3 is 2.11 bits per heavy atom. The molecule has 2 nitrogen and oxygen atoms in total. The predicted octanol–water partition coefficient (Wildman–Crippen LogP) is 9.82. The van der Waals surface area contributed by atoms with Crippen LogP contribution in [0.1, 0.15) is 17.7 Å². The highest BCUT2D eigenvalue weighted by Crippen LogP contribution is 2.47. The van der Waals surface area contributed by atoms with Crippen LogP contribution in [0.2, 0.25) is 0 Å². The van der Waals surface area contributed by atoms with E-state index in [2.05, 4.69) is 156 Å². The molecule has 7 aromatic carbocycles. The molecular formula is C43H29N2PS. The van der Waals surface area contributed by atoms with Crippen LogP contribution in [0.15, 0.2) is 146 Å². The normalized spacial score (nSPS) is 14.4. The monoisotopic (exact) mass is 636 g/mol. The average Bonchev–Trinajstić information content (AvgIpc) is 3.54. The Labute approximate surface area is 277 Å². The summed E-state index contributed by atoms with van der Waals surface area (Å²) in [7, 11) is 0. The van der Waals surface area contributed by atoms with Crippen LogP contribution in [0, 0.1) is 0 Å². The molecule has 10 rings (SSSR count). The molecule has 0 fully saturated rings. The summed E-state index contributed by atoms with van der Waals surface area (Å²) in [5.74, 6) is 0. The lowest BCUT2D eigenvalue weighted by Crippen LogP contribution is -2.25. The van der Waals surface area contributed by atoms with Crippen molar-refractivity contribution >= 4 is 99.6 Å². The molecule has 4 heteroatoms. The van der Waals surface area contributed by atoms with Crippen molar-refractivity contribution in [3.8, 4) is 0 Å². The Hall–Kier alpha value is -5.08. The number of para-hydroxylation sites is 1. The molecule has 0 N–H and O–H groups in total. The molecule has 0 amide bonds. The quantitative estimate of drug-likeness (QED) is 0.142. The van der Waals surface area contributed by atoms with Gasteiger partial charge in [0, 0.05) is 28.0 Å². The van der Waals surface area contributed by atoms with Gasteiger partial charge < -0.3 is 0 Å². The molecule has 1 aliphatic carbocycles. The molecule has 1 atom stereocenters. The van der Waals surface area contributed by atoms with E-state index < -0.39 is 6.04 Å². The van der Waals surface area contributed by atoms with E-state index in [9.17, 15) is 0 Å². The molecule has 0 spiro atoms. The Morgan fingerprint density at radius 2 is 1.23 bits per heavy atom. The second-order valence-electron chi connectivity index (χ2n) is 12.6. The van der Waals surface area contributed by atoms with Crippen LogP contribution < -0.4 is 15.9 Å². The van der Waals surface area contributed by atoms with Gasteiger partial charge in [-0.3, -0.25) is 4.40 Å². The second kappa shape index (κ2) is 10.2. The first-order valence-electron chi connectivity index (χ1n) is 16.2. The molecule has 1 aliphatic rings. The molecule has 1 unspecified atom stereocenters. The molecule has 222 valence electrons. The summed E-state index contributed by atoms with van der Waals surface area (Å²) in [5.41, 5.74) is 5.80. The molecule has 2 heterocycles. The standard InChI is InChI=1S/C43H29N2PS/c47-46(32-23-22-28-10-1-2-12-30(28)26-32,33-24-25-35-31(27-33)21-20-29-11-3-4-13-34(29)35)41-19-9-18-40-42(41)44-43-38-16-6-5-14-36(38)37-15-7-8-17-39(37)45(40)43/h1-7,9-16,18-27H,8,17H2. The minimum Gasteiger partial charge on any atom is -0.295 e. The van der Waals surface area contributed by atoms with Crippen molar-refractivity contribution < 1.29 is 0 Å². The SMILES string of the molecule is S=P(c1ccc2ccccc2c1)(c1ccc2c(ccc3ccccc32)c1)c1cccc2c1nc1c3ccccc3c3c(n21)CCC=C3. The van der Waals surface area contributed by atoms with Crippen LogP contribution >= 0.6 is 6.04 Å². The van der Waals surface area contributed by atoms with Gasteiger partial charge in [-0.05, 0) is 79.4 Å². The number of fused-ring (bicyclic) bond motifs is 12. The van der Waals surface area contributed by atoms with Gasteiger partial charge in [0.25, 0.3) is 0 Å². The van der Waals surface area contributed by atoms with Crippen molar-refractivity contribution in [2.24, 2.45) is 0 Å². The number of aryl methyl sites for hydroxylation is 1. The fraction of sp³-hybridized carbons (Fsp3) is 0.0465. The lowest BCUT2D eigenvalue weighted by molar-refractivity contribution is 0.912. The largest absolute Gasteiger partial charge is 0.295 e. The number of benzene rings is 7. The molecule has 0 radical (unpaired) electrons. The molecular weight excluding hydrogens is 608 g/mol. The van der Waals surface area contributed by atoms with Gasteiger partial charge in [0.15, 0.2) is 0 Å². The van der Waals surface area contributed by atoms with E-state index in [-0.39, 0.29) is 0 Å². The molecule has 0 saturated carbocycles. The first-order valence-corrected chi connectivity index (χ1v) is 19.0. The molecule has 9 aromatic rings. The molecule has 0 aliphatic heterocycles. The summed E-state index contributed by atoms with van der Waals surface area (Å²) in [4.78, 5) is 5.53. The minimum absolute atomic E-state index is 0.986. The van der Waals surface area contributed by atoms with Crippen molar-refractivity contribution in [2.75, 3.05) is 0 Å². The topological polar surface area (TPSA) is 17.3 Å². The number of allylic oxidation sites excluding steroid dienone is 1. The smallest absolute Gasteiger partial charge is 0.146 e. The fourth-order valence-corrected chi connectivity index (χ4v) is 11.8. The van der Waals surface area contributed by atoms with Crippen LogP contribution in [-0.2, 0) is 18.2 Å². The third kappa shape index (κ3) is 3.91. The molecule has 0 bridgehead atoms. The number of rotatable bonds is 3. The maximum Gasteiger partial charge on any atom is 0.146 e. The zero-order valence-electron chi connectivity index (χ0n) is 25.6. The molecule has 0 saturated heterocycles. The Bertz CT molecular complexity index is 2840. The van der Waals surface area contributed by atoms with E-state index in [0.29, 0.717) is 0 Å². The summed E-state index contributed by atoms with van der Waals surface area (Å²) in [6, 6.07) is 48.3. The van der Waals surface area contributed by atoms with Crippen LogP contribution in [-0.4, -0.2) is 9.38 Å². The summed E-state index contributed by atoms with van der Waals surface area (Å²) in [6.07, 6.45) is 6.61. The highest BCUT2D eigenvalue weighted by Gasteiger charge is 2.30. The zero-order chi connectivity index (χ0) is 31.1. The van der Waals surface area contributed by atoms with Crippen LogP contribution in [0.3, 0.4) is 0 Å². The van der Waals surface area contributed by atoms with E-state index in [0.717, 1.165) is 34.8 Å². The van der Waals surface area contributed by atoms with Gasteiger partial charge in [-0.25, -0.2) is 4.98 Å². The van der Waals surface area contributed by atoms with Gasteiger partial charge in [-0.15, -0.1) is 0 Å². The van der Waals surface area contributed by atoms with Gasteiger partial charge in [-0.2, -0.15) is 0 Å². The molecule has 2 aromatic heterocycles. The fourth-order valence-electron chi connectivity index (χ4n) is 7.83. The molecule has 47 heavy (non-hydrogen) atoms. The summed E-state index contributed by atoms with van der Waals surface area (Å²) in [5, 5.41) is 13.4. The van der Waals surface area contributed by atoms with E-state index in [1.54, 1.807) is 0 Å². The first-order chi connectivity index (χ1) is 23.2. The summed E-state index contributed by atoms with van der Waals surface area (Å²) >= 11 is 7.12. The van der Waals surface area contributed by atoms with Crippen molar-refractivity contribution in [3.05, 3.63) is 157 Å². The summed E-state index contributed by atoms with van der Waals surface area (Å²) < 4.78 is 2.42. The van der Waals surface area contributed by atoms with E-state index in [4.69, 9.17) is 16.8 Å². The van der Waals surface area contributed by atoms with Crippen molar-refractivity contribution in [3.63, 3.8) is 0 Å². The maximum atomic E-state index is 7.12. The van der Waals surface area contributed by atoms with Gasteiger partial charge in [-0.1, -0.05) is 145 Å². The lowest BCUT2D eigenvalue weighted by atomic mass is 9.96. The van der Waals surface area contributed by atoms with E-state index >= 15 is 0 Å². The van der Waals surface area contributed by atoms with E-state index in [1.165, 1.54) is 65.0 Å². The minimum atomic E-state index is -2.59. The first kappa shape index (κ1) is 27.1. The number of hydrogen-bond donors (Lipinski definition) is 0. The van der Waals surface area contributed by atoms with Crippen LogP contribution in [0.4, 0.5) is 0 Å².